The number of amides is 2. The Kier molecular flexibility index (Phi) is 14.0. The highest BCUT2D eigenvalue weighted by molar-refractivity contribution is 5.93. The maximum Gasteiger partial charge on any atom is 0.224 e. The zero-order chi connectivity index (χ0) is 36.8. The fraction of sp³-hybridized carbons (Fsp3) is 0.395. The number of hydrogen-bond acceptors (Lipinski definition) is 8. The molecule has 53 heavy (non-hydrogen) atoms. The van der Waals surface area contributed by atoms with Crippen molar-refractivity contribution in [3.63, 3.8) is 0 Å². The number of nitrogens with one attached hydrogen (secondary N) is 2. The summed E-state index contributed by atoms with van der Waals surface area (Å²) >= 11 is 0. The third kappa shape index (κ3) is 11.5. The normalized spacial score (nSPS) is 19.1. The minimum absolute atomic E-state index is 0.00845. The number of carbonyl (C=O) groups excluding carboxylic acids is 2. The van der Waals surface area contributed by atoms with Crippen molar-refractivity contribution < 1.29 is 28.9 Å². The second-order valence-electron chi connectivity index (χ2n) is 13.9. The molecule has 10 nitrogen and oxygen atoms in total. The first kappa shape index (κ1) is 38.2. The van der Waals surface area contributed by atoms with Crippen LogP contribution in [0.2, 0.25) is 0 Å². The van der Waals surface area contributed by atoms with Gasteiger partial charge in [0.2, 0.25) is 11.8 Å². The Hall–Kier alpha value is -4.58. The van der Waals surface area contributed by atoms with E-state index in [2.05, 4.69) is 45.9 Å². The molecule has 2 fully saturated rings. The minimum atomic E-state index is -0.537. The fourth-order valence-corrected chi connectivity index (χ4v) is 6.87. The second-order valence-corrected chi connectivity index (χ2v) is 13.9. The number of ether oxygens (including phenoxy) is 3. The highest BCUT2D eigenvalue weighted by Gasteiger charge is 2.33. The van der Waals surface area contributed by atoms with Gasteiger partial charge in [-0.05, 0) is 64.9 Å². The number of nitrogen functional groups attached to an aromatic ring is 1. The van der Waals surface area contributed by atoms with Gasteiger partial charge < -0.3 is 35.7 Å². The molecule has 0 aliphatic carbocycles. The Labute approximate surface area is 312 Å². The Bertz CT molecular complexity index is 1780. The molecule has 5 N–H and O–H groups in total. The highest BCUT2D eigenvalue weighted by atomic mass is 16.7. The zero-order valence-electron chi connectivity index (χ0n) is 30.4. The molecular formula is C43H52N4O6. The quantitative estimate of drug-likeness (QED) is 0.0726. The number of rotatable bonds is 16. The highest BCUT2D eigenvalue weighted by Crippen LogP contribution is 2.39. The van der Waals surface area contributed by atoms with Gasteiger partial charge in [0.25, 0.3) is 0 Å². The zero-order valence-corrected chi connectivity index (χ0v) is 30.4. The number of hydrogen-bond donors (Lipinski definition) is 4. The molecule has 2 heterocycles. The summed E-state index contributed by atoms with van der Waals surface area (Å²) in [6, 6.07) is 31.8. The summed E-state index contributed by atoms with van der Waals surface area (Å²) in [7, 11) is 0. The lowest BCUT2D eigenvalue weighted by Crippen LogP contribution is -2.44. The molecule has 4 aromatic carbocycles. The molecule has 6 rings (SSSR count). The first-order valence-corrected chi connectivity index (χ1v) is 18.8. The van der Waals surface area contributed by atoms with E-state index >= 15 is 0 Å². The third-order valence-corrected chi connectivity index (χ3v) is 9.88. The molecule has 2 saturated heterocycles. The number of aliphatic hydroxyl groups excluding tert-OH is 1. The topological polar surface area (TPSA) is 135 Å². The maximum atomic E-state index is 12.6. The number of para-hydroxylation sites is 2. The van der Waals surface area contributed by atoms with Crippen molar-refractivity contribution in [3.05, 3.63) is 119 Å². The average molecular weight is 721 g/mol. The first-order chi connectivity index (χ1) is 25.9. The summed E-state index contributed by atoms with van der Waals surface area (Å²) in [5.74, 6) is -0.0259. The summed E-state index contributed by atoms with van der Waals surface area (Å²) < 4.78 is 18.8. The van der Waals surface area contributed by atoms with Crippen molar-refractivity contribution in [1.29, 1.82) is 0 Å². The van der Waals surface area contributed by atoms with Crippen LogP contribution in [0.25, 0.3) is 11.1 Å². The summed E-state index contributed by atoms with van der Waals surface area (Å²) in [6.07, 6.45) is 4.24. The Morgan fingerprint density at radius 3 is 2.23 bits per heavy atom. The van der Waals surface area contributed by atoms with Crippen LogP contribution in [0.15, 0.2) is 97.1 Å². The molecular weight excluding hydrogens is 668 g/mol. The second kappa shape index (κ2) is 19.5. The van der Waals surface area contributed by atoms with E-state index in [1.54, 1.807) is 12.1 Å². The van der Waals surface area contributed by atoms with E-state index in [-0.39, 0.29) is 30.6 Å². The van der Waals surface area contributed by atoms with Gasteiger partial charge in [0.05, 0.1) is 43.4 Å². The molecule has 2 aliphatic heterocycles. The Balaban J connectivity index is 0.996. The van der Waals surface area contributed by atoms with E-state index in [9.17, 15) is 14.7 Å². The smallest absolute Gasteiger partial charge is 0.224 e. The molecule has 280 valence electrons. The van der Waals surface area contributed by atoms with Gasteiger partial charge in [0.1, 0.15) is 0 Å². The number of carbonyl (C=O) groups is 2. The van der Waals surface area contributed by atoms with Crippen LogP contribution in [-0.4, -0.2) is 60.8 Å². The van der Waals surface area contributed by atoms with Crippen LogP contribution in [0.4, 0.5) is 11.4 Å². The van der Waals surface area contributed by atoms with Crippen molar-refractivity contribution in [1.82, 2.24) is 10.2 Å². The lowest BCUT2D eigenvalue weighted by atomic mass is 9.98. The molecule has 10 heteroatoms. The standard InChI is InChI=1S/C43H52N4O6/c44-38-13-5-6-14-39(38)46-42(50)16-4-2-1-3-15-41(49)45-28-32-9-7-10-34(25-32)35-11-8-12-36(26-35)43-52-37(29-47-21-23-51-24-22-47)27-40(53-43)33-19-17-31(30-48)18-20-33/h5-14,17-20,25-26,37,40,43,48H,1-4,15-16,21-24,27-30,44H2,(H,45,49)(H,46,50)/t37-,40+,43+/m1/s1. The maximum absolute atomic E-state index is 12.6. The van der Waals surface area contributed by atoms with Crippen LogP contribution >= 0.6 is 0 Å². The van der Waals surface area contributed by atoms with Crippen molar-refractivity contribution in [2.75, 3.05) is 43.9 Å². The van der Waals surface area contributed by atoms with E-state index < -0.39 is 6.29 Å². The molecule has 0 unspecified atom stereocenters. The predicted octanol–water partition coefficient (Wildman–Crippen LogP) is 6.90. The molecule has 2 amide bonds. The summed E-state index contributed by atoms with van der Waals surface area (Å²) in [5.41, 5.74) is 13.1. The van der Waals surface area contributed by atoms with Crippen LogP contribution in [0.3, 0.4) is 0 Å². The Morgan fingerprint density at radius 2 is 1.47 bits per heavy atom. The fourth-order valence-electron chi connectivity index (χ4n) is 6.87. The molecule has 0 aromatic heterocycles. The molecule has 3 atom stereocenters. The molecule has 0 spiro atoms. The van der Waals surface area contributed by atoms with Gasteiger partial charge in [0, 0.05) is 51.0 Å². The minimum Gasteiger partial charge on any atom is -0.397 e. The van der Waals surface area contributed by atoms with Gasteiger partial charge >= 0.3 is 0 Å². The van der Waals surface area contributed by atoms with E-state index in [0.29, 0.717) is 30.8 Å². The van der Waals surface area contributed by atoms with Crippen molar-refractivity contribution in [2.45, 2.75) is 76.6 Å². The van der Waals surface area contributed by atoms with E-state index in [4.69, 9.17) is 19.9 Å². The number of anilines is 2. The molecule has 0 saturated carbocycles. The first-order valence-electron chi connectivity index (χ1n) is 18.8. The van der Waals surface area contributed by atoms with Crippen LogP contribution in [0.5, 0.6) is 0 Å². The van der Waals surface area contributed by atoms with E-state index in [1.165, 1.54) is 0 Å². The van der Waals surface area contributed by atoms with E-state index in [1.807, 2.05) is 54.6 Å². The van der Waals surface area contributed by atoms with Crippen LogP contribution in [0, 0.1) is 0 Å². The van der Waals surface area contributed by atoms with Crippen LogP contribution < -0.4 is 16.4 Å². The number of benzene rings is 4. The van der Waals surface area contributed by atoms with Crippen molar-refractivity contribution in [3.8, 4) is 11.1 Å². The largest absolute Gasteiger partial charge is 0.397 e. The van der Waals surface area contributed by atoms with Crippen molar-refractivity contribution >= 4 is 23.2 Å². The van der Waals surface area contributed by atoms with Gasteiger partial charge in [0.15, 0.2) is 6.29 Å². The van der Waals surface area contributed by atoms with Gasteiger partial charge in [-0.3, -0.25) is 14.5 Å². The third-order valence-electron chi connectivity index (χ3n) is 9.88. The van der Waals surface area contributed by atoms with Crippen LogP contribution in [0.1, 0.15) is 79.6 Å². The van der Waals surface area contributed by atoms with Gasteiger partial charge in [-0.25, -0.2) is 0 Å². The monoisotopic (exact) mass is 720 g/mol. The lowest BCUT2D eigenvalue weighted by Gasteiger charge is -2.39. The SMILES string of the molecule is Nc1ccccc1NC(=O)CCCCCCC(=O)NCc1cccc(-c2cccc([C@H]3O[C@@H](CN4CCOCC4)C[C@@H](c4ccc(CO)cc4)O3)c2)c1. The van der Waals surface area contributed by atoms with Crippen molar-refractivity contribution in [2.24, 2.45) is 0 Å². The molecule has 0 radical (unpaired) electrons. The average Bonchev–Trinajstić information content (AvgIpc) is 3.20. The number of aliphatic hydroxyl groups is 1. The van der Waals surface area contributed by atoms with Crippen LogP contribution in [-0.2, 0) is 37.0 Å². The van der Waals surface area contributed by atoms with E-state index in [0.717, 1.165) is 98.3 Å². The lowest BCUT2D eigenvalue weighted by molar-refractivity contribution is -0.253. The number of unbranched alkanes of at least 4 members (excludes halogenated alkanes) is 3. The summed E-state index contributed by atoms with van der Waals surface area (Å²) in [4.78, 5) is 27.3. The Morgan fingerprint density at radius 1 is 0.755 bits per heavy atom. The summed E-state index contributed by atoms with van der Waals surface area (Å²) in [6.45, 7) is 4.52. The predicted molar refractivity (Wildman–Crippen MR) is 207 cm³/mol. The molecule has 4 aromatic rings. The molecule has 0 bridgehead atoms. The number of nitrogens with zero attached hydrogens (tertiary/aromatic N) is 1. The van der Waals surface area contributed by atoms with Gasteiger partial charge in [-0.1, -0.05) is 85.6 Å². The number of morpholine rings is 1. The molecule has 2 aliphatic rings. The van der Waals surface area contributed by atoms with Gasteiger partial charge in [-0.15, -0.1) is 0 Å². The summed E-state index contributed by atoms with van der Waals surface area (Å²) in [5, 5.41) is 15.5. The number of nitrogens with two attached hydrogens (primary N) is 1. The van der Waals surface area contributed by atoms with Gasteiger partial charge in [-0.2, -0.15) is 0 Å².